The summed E-state index contributed by atoms with van der Waals surface area (Å²) < 4.78 is 0. The highest BCUT2D eigenvalue weighted by atomic mass is 16.5. The number of amides is 2. The summed E-state index contributed by atoms with van der Waals surface area (Å²) in [4.78, 5) is 23.9. The lowest BCUT2D eigenvalue weighted by Gasteiger charge is -2.39. The third-order valence-electron chi connectivity index (χ3n) is 3.00. The maximum atomic E-state index is 11.9. The van der Waals surface area contributed by atoms with Crippen molar-refractivity contribution in [2.75, 3.05) is 0 Å². The molecular weight excluding hydrogens is 236 g/mol. The van der Waals surface area contributed by atoms with Gasteiger partial charge < -0.3 is 0 Å². The zero-order valence-electron chi connectivity index (χ0n) is 11.3. The van der Waals surface area contributed by atoms with Gasteiger partial charge in [-0.1, -0.05) is 27.7 Å². The van der Waals surface area contributed by atoms with E-state index in [0.29, 0.717) is 23.0 Å². The van der Waals surface area contributed by atoms with Gasteiger partial charge in [-0.3, -0.25) is 20.0 Å². The van der Waals surface area contributed by atoms with Crippen LogP contribution in [0.2, 0.25) is 0 Å². The number of carbonyl (C=O) groups is 2. The van der Waals surface area contributed by atoms with Crippen molar-refractivity contribution in [2.45, 2.75) is 52.6 Å². The molecule has 1 heterocycles. The van der Waals surface area contributed by atoms with Crippen LogP contribution in [-0.4, -0.2) is 44.4 Å². The first kappa shape index (κ1) is 14.9. The topological polar surface area (TPSA) is 81.1 Å². The SMILES string of the molecule is CC(C)C[C@@H]1C(=O)N(O)[C@H](CC(C)C)C(=O)N1O. The van der Waals surface area contributed by atoms with Crippen LogP contribution in [0.3, 0.4) is 0 Å². The van der Waals surface area contributed by atoms with E-state index >= 15 is 0 Å². The van der Waals surface area contributed by atoms with Gasteiger partial charge >= 0.3 is 0 Å². The Balaban J connectivity index is 2.88. The molecule has 1 fully saturated rings. The van der Waals surface area contributed by atoms with E-state index in [9.17, 15) is 20.0 Å². The van der Waals surface area contributed by atoms with E-state index in [1.807, 2.05) is 27.7 Å². The van der Waals surface area contributed by atoms with Crippen LogP contribution in [0.5, 0.6) is 0 Å². The first-order valence-corrected chi connectivity index (χ1v) is 6.29. The maximum Gasteiger partial charge on any atom is 0.272 e. The molecule has 0 aromatic rings. The Kier molecular flexibility index (Phi) is 4.70. The molecule has 1 aliphatic rings. The van der Waals surface area contributed by atoms with Crippen LogP contribution < -0.4 is 0 Å². The minimum atomic E-state index is -0.981. The second-order valence-electron chi connectivity index (χ2n) is 5.66. The summed E-state index contributed by atoms with van der Waals surface area (Å²) in [5.41, 5.74) is 0. The molecule has 2 atom stereocenters. The Bertz CT molecular complexity index is 298. The van der Waals surface area contributed by atoms with Crippen molar-refractivity contribution in [1.29, 1.82) is 0 Å². The van der Waals surface area contributed by atoms with E-state index in [0.717, 1.165) is 0 Å². The monoisotopic (exact) mass is 258 g/mol. The summed E-state index contributed by atoms with van der Waals surface area (Å²) in [5, 5.41) is 20.5. The molecule has 0 aromatic heterocycles. The predicted molar refractivity (Wildman–Crippen MR) is 63.8 cm³/mol. The Hall–Kier alpha value is -1.14. The Morgan fingerprint density at radius 1 is 0.889 bits per heavy atom. The maximum absolute atomic E-state index is 11.9. The van der Waals surface area contributed by atoms with E-state index in [2.05, 4.69) is 0 Å². The van der Waals surface area contributed by atoms with Crippen molar-refractivity contribution >= 4 is 11.8 Å². The molecule has 6 nitrogen and oxygen atoms in total. The smallest absolute Gasteiger partial charge is 0.272 e. The molecule has 0 spiro atoms. The molecule has 0 saturated carbocycles. The molecule has 0 unspecified atom stereocenters. The zero-order chi connectivity index (χ0) is 14.0. The van der Waals surface area contributed by atoms with Gasteiger partial charge in [0.1, 0.15) is 12.1 Å². The van der Waals surface area contributed by atoms with Crippen molar-refractivity contribution in [2.24, 2.45) is 11.8 Å². The molecule has 1 aliphatic heterocycles. The number of carbonyl (C=O) groups excluding carboxylic acids is 2. The van der Waals surface area contributed by atoms with Crippen LogP contribution in [0.25, 0.3) is 0 Å². The Morgan fingerprint density at radius 3 is 1.39 bits per heavy atom. The van der Waals surface area contributed by atoms with Crippen LogP contribution in [-0.2, 0) is 9.59 Å². The van der Waals surface area contributed by atoms with Gasteiger partial charge in [0.25, 0.3) is 11.8 Å². The molecule has 1 rings (SSSR count). The number of rotatable bonds is 4. The predicted octanol–water partition coefficient (Wildman–Crippen LogP) is 1.27. The lowest BCUT2D eigenvalue weighted by atomic mass is 9.95. The molecule has 18 heavy (non-hydrogen) atoms. The minimum Gasteiger partial charge on any atom is -0.285 e. The number of hydrogen-bond donors (Lipinski definition) is 2. The minimum absolute atomic E-state index is 0.136. The van der Waals surface area contributed by atoms with Gasteiger partial charge in [0.2, 0.25) is 0 Å². The average molecular weight is 258 g/mol. The van der Waals surface area contributed by atoms with Crippen LogP contribution >= 0.6 is 0 Å². The van der Waals surface area contributed by atoms with Gasteiger partial charge in [-0.25, -0.2) is 10.1 Å². The third kappa shape index (κ3) is 3.00. The second-order valence-corrected chi connectivity index (χ2v) is 5.66. The lowest BCUT2D eigenvalue weighted by Crippen LogP contribution is -2.63. The van der Waals surface area contributed by atoms with E-state index < -0.39 is 23.9 Å². The molecule has 2 N–H and O–H groups in total. The van der Waals surface area contributed by atoms with E-state index in [1.165, 1.54) is 0 Å². The van der Waals surface area contributed by atoms with Crippen LogP contribution in [0, 0.1) is 11.8 Å². The Morgan fingerprint density at radius 2 is 1.17 bits per heavy atom. The van der Waals surface area contributed by atoms with Crippen LogP contribution in [0.1, 0.15) is 40.5 Å². The van der Waals surface area contributed by atoms with E-state index in [1.54, 1.807) is 0 Å². The molecule has 104 valence electrons. The molecule has 2 amide bonds. The lowest BCUT2D eigenvalue weighted by molar-refractivity contribution is -0.232. The van der Waals surface area contributed by atoms with Crippen LogP contribution in [0.4, 0.5) is 0 Å². The normalized spacial score (nSPS) is 25.6. The second kappa shape index (κ2) is 5.67. The first-order valence-electron chi connectivity index (χ1n) is 6.29. The first-order chi connectivity index (χ1) is 8.25. The largest absolute Gasteiger partial charge is 0.285 e. The summed E-state index contributed by atoms with van der Waals surface area (Å²) in [6.45, 7) is 7.53. The third-order valence-corrected chi connectivity index (χ3v) is 3.00. The van der Waals surface area contributed by atoms with Gasteiger partial charge in [0.05, 0.1) is 0 Å². The molecular formula is C12H22N2O4. The summed E-state index contributed by atoms with van der Waals surface area (Å²) in [7, 11) is 0. The highest BCUT2D eigenvalue weighted by Gasteiger charge is 2.45. The van der Waals surface area contributed by atoms with Crippen LogP contribution in [0.15, 0.2) is 0 Å². The van der Waals surface area contributed by atoms with Crippen molar-refractivity contribution in [3.8, 4) is 0 Å². The molecule has 6 heteroatoms. The average Bonchev–Trinajstić information content (AvgIpc) is 2.27. The van der Waals surface area contributed by atoms with Crippen molar-refractivity contribution in [3.05, 3.63) is 0 Å². The van der Waals surface area contributed by atoms with Crippen molar-refractivity contribution in [3.63, 3.8) is 0 Å². The fourth-order valence-corrected chi connectivity index (χ4v) is 2.12. The molecule has 0 aromatic carbocycles. The summed E-state index contributed by atoms with van der Waals surface area (Å²) in [5.74, 6) is -0.958. The molecule has 1 saturated heterocycles. The molecule has 0 aliphatic carbocycles. The standard InChI is InChI=1S/C12H22N2O4/c1-7(2)5-9-11(15)14(18)10(6-8(3)4)12(16)13(9)17/h7-10,17-18H,5-6H2,1-4H3/t9-,10-/m1/s1. The van der Waals surface area contributed by atoms with Crippen molar-refractivity contribution < 1.29 is 20.0 Å². The van der Waals surface area contributed by atoms with Gasteiger partial charge in [-0.15, -0.1) is 0 Å². The van der Waals surface area contributed by atoms with E-state index in [4.69, 9.17) is 0 Å². The fourth-order valence-electron chi connectivity index (χ4n) is 2.12. The number of nitrogens with zero attached hydrogens (tertiary/aromatic N) is 2. The zero-order valence-corrected chi connectivity index (χ0v) is 11.3. The van der Waals surface area contributed by atoms with Gasteiger partial charge in [0.15, 0.2) is 0 Å². The number of hydrogen-bond acceptors (Lipinski definition) is 4. The highest BCUT2D eigenvalue weighted by molar-refractivity contribution is 5.95. The summed E-state index contributed by atoms with van der Waals surface area (Å²) in [6.07, 6.45) is 0.652. The van der Waals surface area contributed by atoms with Gasteiger partial charge in [0, 0.05) is 0 Å². The highest BCUT2D eigenvalue weighted by Crippen LogP contribution is 2.23. The van der Waals surface area contributed by atoms with Gasteiger partial charge in [-0.05, 0) is 24.7 Å². The van der Waals surface area contributed by atoms with Crippen molar-refractivity contribution in [1.82, 2.24) is 10.1 Å². The number of piperazine rings is 1. The Labute approximate surface area is 107 Å². The van der Waals surface area contributed by atoms with Gasteiger partial charge in [-0.2, -0.15) is 0 Å². The number of hydroxylamine groups is 4. The quantitative estimate of drug-likeness (QED) is 0.744. The fraction of sp³-hybridized carbons (Fsp3) is 0.833. The van der Waals surface area contributed by atoms with E-state index in [-0.39, 0.29) is 11.8 Å². The molecule has 0 radical (unpaired) electrons. The summed E-state index contributed by atoms with van der Waals surface area (Å²) in [6, 6.07) is -1.96. The molecule has 0 bridgehead atoms. The summed E-state index contributed by atoms with van der Waals surface area (Å²) >= 11 is 0.